The fraction of sp³-hybridized carbons (Fsp3) is 0. The molecule has 126 valence electrons. The van der Waals surface area contributed by atoms with Gasteiger partial charge in [-0.15, -0.1) is 11.3 Å². The Kier molecular flexibility index (Phi) is 4.65. The molecule has 26 heavy (non-hydrogen) atoms. The normalized spacial score (nSPS) is 11.7. The zero-order chi connectivity index (χ0) is 17.9. The maximum Gasteiger partial charge on any atom is 0.196 e. The molecule has 0 aliphatic carbocycles. The summed E-state index contributed by atoms with van der Waals surface area (Å²) < 4.78 is 1.06. The highest BCUT2D eigenvalue weighted by atomic mass is 35.5. The van der Waals surface area contributed by atoms with Crippen molar-refractivity contribution in [2.45, 2.75) is 0 Å². The van der Waals surface area contributed by atoms with Crippen LogP contribution in [0.3, 0.4) is 0 Å². The number of carbonyl (C=O) groups excluding carboxylic acids is 1. The molecule has 4 rings (SSSR count). The number of thiazole rings is 1. The minimum absolute atomic E-state index is 0.0420. The molecule has 0 atom stereocenters. The molecule has 0 amide bonds. The molecule has 0 spiro atoms. The number of rotatable bonds is 4. The lowest BCUT2D eigenvalue weighted by Gasteiger charge is -2.05. The number of Topliss-reactive ketones (excluding diaryl/α,β-unsaturated/α-hetero) is 1. The second-order valence-electron chi connectivity index (χ2n) is 5.79. The maximum atomic E-state index is 13.2. The van der Waals surface area contributed by atoms with Crippen molar-refractivity contribution in [2.75, 3.05) is 0 Å². The van der Waals surface area contributed by atoms with Crippen molar-refractivity contribution in [3.8, 4) is 0 Å². The summed E-state index contributed by atoms with van der Waals surface area (Å²) in [6.45, 7) is 0. The van der Waals surface area contributed by atoms with Crippen molar-refractivity contribution in [3.05, 3.63) is 100 Å². The van der Waals surface area contributed by atoms with E-state index in [9.17, 15) is 4.79 Å². The third-order valence-corrected chi connectivity index (χ3v) is 5.31. The molecule has 1 aromatic heterocycles. The van der Waals surface area contributed by atoms with Gasteiger partial charge in [0.15, 0.2) is 5.78 Å². The molecule has 0 aliphatic rings. The van der Waals surface area contributed by atoms with Gasteiger partial charge in [0.2, 0.25) is 0 Å². The standard InChI is InChI=1S/C22H14ClNOS/c23-17-12-10-15(11-13-17)14-18(21(25)16-6-2-1-3-7-16)22-24-19-8-4-5-9-20(19)26-22/h1-14H/b18-14-. The molecule has 0 fully saturated rings. The SMILES string of the molecule is O=C(/C(=C/c1ccc(Cl)cc1)c1nc2ccccc2s1)c1ccccc1. The van der Waals surface area contributed by atoms with Gasteiger partial charge in [-0.1, -0.05) is 66.2 Å². The zero-order valence-corrected chi connectivity index (χ0v) is 15.3. The van der Waals surface area contributed by atoms with E-state index >= 15 is 0 Å². The molecule has 0 aliphatic heterocycles. The highest BCUT2D eigenvalue weighted by molar-refractivity contribution is 7.20. The average Bonchev–Trinajstić information content (AvgIpc) is 3.11. The molecule has 2 nitrogen and oxygen atoms in total. The first-order valence-corrected chi connectivity index (χ1v) is 9.33. The predicted octanol–water partition coefficient (Wildman–Crippen LogP) is 6.37. The molecule has 0 bridgehead atoms. The molecule has 4 heteroatoms. The van der Waals surface area contributed by atoms with Gasteiger partial charge in [-0.3, -0.25) is 4.79 Å². The van der Waals surface area contributed by atoms with Crippen molar-refractivity contribution in [1.82, 2.24) is 4.98 Å². The lowest BCUT2D eigenvalue weighted by molar-refractivity contribution is 0.105. The number of benzene rings is 3. The van der Waals surface area contributed by atoms with E-state index in [1.807, 2.05) is 84.9 Å². The van der Waals surface area contributed by atoms with Gasteiger partial charge in [-0.2, -0.15) is 0 Å². The molecular formula is C22H14ClNOS. The van der Waals surface area contributed by atoms with Crippen LogP contribution in [-0.4, -0.2) is 10.8 Å². The molecule has 0 saturated carbocycles. The van der Waals surface area contributed by atoms with Crippen LogP contribution >= 0.6 is 22.9 Å². The summed E-state index contributed by atoms with van der Waals surface area (Å²) >= 11 is 7.50. The van der Waals surface area contributed by atoms with E-state index < -0.39 is 0 Å². The Morgan fingerprint density at radius 3 is 2.31 bits per heavy atom. The first-order valence-electron chi connectivity index (χ1n) is 8.14. The molecule has 0 unspecified atom stereocenters. The summed E-state index contributed by atoms with van der Waals surface area (Å²) in [5.74, 6) is -0.0420. The first kappa shape index (κ1) is 16.7. The minimum Gasteiger partial charge on any atom is -0.288 e. The third-order valence-electron chi connectivity index (χ3n) is 3.99. The number of fused-ring (bicyclic) bond motifs is 1. The van der Waals surface area contributed by atoms with E-state index in [1.165, 1.54) is 11.3 Å². The van der Waals surface area contributed by atoms with Crippen LogP contribution in [0.5, 0.6) is 0 Å². The van der Waals surface area contributed by atoms with Crippen LogP contribution in [0.1, 0.15) is 20.9 Å². The summed E-state index contributed by atoms with van der Waals surface area (Å²) in [5, 5.41) is 1.38. The Bertz CT molecular complexity index is 1060. The highest BCUT2D eigenvalue weighted by Gasteiger charge is 2.18. The van der Waals surface area contributed by atoms with Crippen LogP contribution in [-0.2, 0) is 0 Å². The van der Waals surface area contributed by atoms with E-state index in [0.29, 0.717) is 16.2 Å². The molecule has 3 aromatic carbocycles. The Morgan fingerprint density at radius 1 is 0.885 bits per heavy atom. The molecular weight excluding hydrogens is 362 g/mol. The van der Waals surface area contributed by atoms with E-state index in [-0.39, 0.29) is 5.78 Å². The van der Waals surface area contributed by atoms with Crippen LogP contribution in [0.4, 0.5) is 0 Å². The van der Waals surface area contributed by atoms with Gasteiger partial charge < -0.3 is 0 Å². The summed E-state index contributed by atoms with van der Waals surface area (Å²) in [6.07, 6.45) is 1.88. The zero-order valence-electron chi connectivity index (χ0n) is 13.7. The van der Waals surface area contributed by atoms with Gasteiger partial charge in [0.25, 0.3) is 0 Å². The van der Waals surface area contributed by atoms with Crippen LogP contribution in [0.25, 0.3) is 21.9 Å². The number of halogens is 1. The lowest BCUT2D eigenvalue weighted by atomic mass is 10.0. The van der Waals surface area contributed by atoms with Gasteiger partial charge in [0.1, 0.15) is 5.01 Å². The minimum atomic E-state index is -0.0420. The number of hydrogen-bond donors (Lipinski definition) is 0. The highest BCUT2D eigenvalue weighted by Crippen LogP contribution is 2.30. The monoisotopic (exact) mass is 375 g/mol. The number of hydrogen-bond acceptors (Lipinski definition) is 3. The maximum absolute atomic E-state index is 13.2. The average molecular weight is 376 g/mol. The number of para-hydroxylation sites is 1. The molecule has 1 heterocycles. The van der Waals surface area contributed by atoms with Crippen molar-refractivity contribution in [3.63, 3.8) is 0 Å². The number of ketones is 1. The van der Waals surface area contributed by atoms with Gasteiger partial charge >= 0.3 is 0 Å². The summed E-state index contributed by atoms with van der Waals surface area (Å²) in [5.41, 5.74) is 3.04. The predicted molar refractivity (Wildman–Crippen MR) is 110 cm³/mol. The Balaban J connectivity index is 1.85. The van der Waals surface area contributed by atoms with Crippen LogP contribution in [0.2, 0.25) is 5.02 Å². The second-order valence-corrected chi connectivity index (χ2v) is 7.26. The number of nitrogens with zero attached hydrogens (tertiary/aromatic N) is 1. The van der Waals surface area contributed by atoms with E-state index in [0.717, 1.165) is 20.8 Å². The van der Waals surface area contributed by atoms with Crippen molar-refractivity contribution < 1.29 is 4.79 Å². The smallest absolute Gasteiger partial charge is 0.196 e. The first-order chi connectivity index (χ1) is 12.7. The number of allylic oxidation sites excluding steroid dienone is 1. The van der Waals surface area contributed by atoms with Gasteiger partial charge in [-0.25, -0.2) is 4.98 Å². The topological polar surface area (TPSA) is 30.0 Å². The second kappa shape index (κ2) is 7.24. The molecule has 0 N–H and O–H groups in total. The quantitative estimate of drug-likeness (QED) is 0.306. The molecule has 4 aromatic rings. The Morgan fingerprint density at radius 2 is 1.58 bits per heavy atom. The van der Waals surface area contributed by atoms with Crippen molar-refractivity contribution in [2.24, 2.45) is 0 Å². The number of aromatic nitrogens is 1. The van der Waals surface area contributed by atoms with E-state index in [1.54, 1.807) is 0 Å². The fourth-order valence-corrected chi connectivity index (χ4v) is 3.79. The Labute approximate surface area is 160 Å². The van der Waals surface area contributed by atoms with Gasteiger partial charge in [0.05, 0.1) is 15.8 Å². The lowest BCUT2D eigenvalue weighted by Crippen LogP contribution is -2.02. The summed E-state index contributed by atoms with van der Waals surface area (Å²) in [6, 6.07) is 24.6. The number of carbonyl (C=O) groups is 1. The fourth-order valence-electron chi connectivity index (χ4n) is 2.68. The van der Waals surface area contributed by atoms with Crippen molar-refractivity contribution in [1.29, 1.82) is 0 Å². The van der Waals surface area contributed by atoms with Crippen LogP contribution in [0, 0.1) is 0 Å². The van der Waals surface area contributed by atoms with Crippen molar-refractivity contribution >= 4 is 50.6 Å². The van der Waals surface area contributed by atoms with Gasteiger partial charge in [0, 0.05) is 10.6 Å². The van der Waals surface area contributed by atoms with Gasteiger partial charge in [-0.05, 0) is 35.9 Å². The molecule has 0 saturated heterocycles. The summed E-state index contributed by atoms with van der Waals surface area (Å²) in [7, 11) is 0. The van der Waals surface area contributed by atoms with E-state index in [2.05, 4.69) is 4.98 Å². The van der Waals surface area contributed by atoms with Crippen LogP contribution in [0.15, 0.2) is 78.9 Å². The molecule has 0 radical (unpaired) electrons. The third kappa shape index (κ3) is 3.45. The van der Waals surface area contributed by atoms with E-state index in [4.69, 9.17) is 11.6 Å². The largest absolute Gasteiger partial charge is 0.288 e. The van der Waals surface area contributed by atoms with Crippen LogP contribution < -0.4 is 0 Å². The Hall–Kier alpha value is -2.75. The summed E-state index contributed by atoms with van der Waals surface area (Å²) in [4.78, 5) is 17.8.